The third kappa shape index (κ3) is 3.21. The summed E-state index contributed by atoms with van der Waals surface area (Å²) in [4.78, 5) is 31.0. The number of amides is 1. The van der Waals surface area contributed by atoms with Crippen LogP contribution in [0.3, 0.4) is 0 Å². The summed E-state index contributed by atoms with van der Waals surface area (Å²) < 4.78 is 11.9. The fourth-order valence-electron chi connectivity index (χ4n) is 8.44. The van der Waals surface area contributed by atoms with Gasteiger partial charge in [-0.2, -0.15) is 0 Å². The van der Waals surface area contributed by atoms with Crippen molar-refractivity contribution in [1.82, 2.24) is 10.2 Å². The Morgan fingerprint density at radius 2 is 1.97 bits per heavy atom. The van der Waals surface area contributed by atoms with Crippen LogP contribution in [0.4, 0.5) is 5.69 Å². The Morgan fingerprint density at radius 3 is 2.55 bits per heavy atom. The number of hydrogen-bond acceptors (Lipinski definition) is 8. The number of nitrogens with two attached hydrogens (primary N) is 1. The van der Waals surface area contributed by atoms with E-state index in [0.717, 1.165) is 42.1 Å². The first kappa shape index (κ1) is 27.0. The summed E-state index contributed by atoms with van der Waals surface area (Å²) in [5, 5.41) is 15.5. The van der Waals surface area contributed by atoms with Crippen molar-refractivity contribution in [1.29, 1.82) is 0 Å². The Balaban J connectivity index is 1.88. The number of ether oxygens (including phenoxy) is 2. The summed E-state index contributed by atoms with van der Waals surface area (Å²) in [7, 11) is 3.59. The molecule has 5 rings (SSSR count). The highest BCUT2D eigenvalue weighted by atomic mass is 16.6. The average Bonchev–Trinajstić information content (AvgIpc) is 3.37. The molecule has 0 radical (unpaired) electrons. The minimum Gasteiger partial charge on any atom is -0.496 e. The number of fused-ring (bicyclic) bond motifs is 1. The predicted octanol–water partition coefficient (Wildman–Crippen LogP) is 1.80. The average molecular weight is 527 g/mol. The Labute approximate surface area is 225 Å². The van der Waals surface area contributed by atoms with Gasteiger partial charge in [0, 0.05) is 49.1 Å². The monoisotopic (exact) mass is 526 g/mol. The molecule has 9 heteroatoms. The standard InChI is InChI=1S/C29H42N4O5/c1-8-27-10-9-12-33-13-11-28(22(27)33)18-14-19(26(3,4)5)21(37-7)15-20(18)32(6)23(28)29(36,25(35)31-16-30)24(27)38-17(2)34/h9-10,14-15,22-24,36H,8,11-13,16,30H2,1-7H3,(H,31,35). The van der Waals surface area contributed by atoms with E-state index in [4.69, 9.17) is 15.2 Å². The number of likely N-dealkylation sites (N-methyl/N-ethyl adjacent to an activating group) is 1. The van der Waals surface area contributed by atoms with E-state index in [2.05, 4.69) is 49.2 Å². The molecule has 0 aromatic heterocycles. The zero-order chi connectivity index (χ0) is 27.8. The largest absolute Gasteiger partial charge is 0.496 e. The van der Waals surface area contributed by atoms with Crippen molar-refractivity contribution in [3.05, 3.63) is 35.4 Å². The van der Waals surface area contributed by atoms with Crippen molar-refractivity contribution in [2.75, 3.05) is 38.8 Å². The second kappa shape index (κ2) is 8.69. The molecule has 3 heterocycles. The molecule has 6 unspecified atom stereocenters. The smallest absolute Gasteiger partial charge is 0.303 e. The van der Waals surface area contributed by atoms with E-state index in [1.807, 2.05) is 24.9 Å². The van der Waals surface area contributed by atoms with Crippen molar-refractivity contribution in [2.24, 2.45) is 11.1 Å². The number of nitrogens with one attached hydrogen (secondary N) is 1. The molecule has 1 aliphatic carbocycles. The van der Waals surface area contributed by atoms with E-state index in [0.29, 0.717) is 6.42 Å². The van der Waals surface area contributed by atoms with Gasteiger partial charge in [0.2, 0.25) is 5.60 Å². The van der Waals surface area contributed by atoms with Gasteiger partial charge in [0.15, 0.2) is 6.10 Å². The minimum absolute atomic E-state index is 0.0878. The van der Waals surface area contributed by atoms with Crippen LogP contribution in [0, 0.1) is 5.41 Å². The molecule has 6 atom stereocenters. The number of carbonyl (C=O) groups excluding carboxylic acids is 2. The van der Waals surface area contributed by atoms with Crippen LogP contribution < -0.4 is 20.7 Å². The lowest BCUT2D eigenvalue weighted by atomic mass is 9.47. The van der Waals surface area contributed by atoms with Crippen molar-refractivity contribution in [3.63, 3.8) is 0 Å². The maximum Gasteiger partial charge on any atom is 0.303 e. The van der Waals surface area contributed by atoms with Gasteiger partial charge in [-0.3, -0.25) is 14.5 Å². The summed E-state index contributed by atoms with van der Waals surface area (Å²) in [6.07, 6.45) is 4.41. The molecule has 1 aromatic carbocycles. The van der Waals surface area contributed by atoms with E-state index in [1.54, 1.807) is 7.11 Å². The maximum absolute atomic E-state index is 14.0. The van der Waals surface area contributed by atoms with Crippen LogP contribution in [0.1, 0.15) is 58.6 Å². The zero-order valence-electron chi connectivity index (χ0n) is 23.6. The molecular weight excluding hydrogens is 484 g/mol. The molecule has 0 bridgehead atoms. The van der Waals surface area contributed by atoms with Crippen LogP contribution in [-0.2, 0) is 25.2 Å². The van der Waals surface area contributed by atoms with Crippen molar-refractivity contribution in [2.45, 2.75) is 82.1 Å². The van der Waals surface area contributed by atoms with Gasteiger partial charge in [0.1, 0.15) is 5.75 Å². The number of carbonyl (C=O) groups is 2. The number of methoxy groups -OCH3 is 1. The fraction of sp³-hybridized carbons (Fsp3) is 0.655. The number of nitrogens with zero attached hydrogens (tertiary/aromatic N) is 2. The second-order valence-electron chi connectivity index (χ2n) is 12.4. The normalized spacial score (nSPS) is 35.4. The van der Waals surface area contributed by atoms with Crippen molar-refractivity contribution < 1.29 is 24.2 Å². The highest BCUT2D eigenvalue weighted by molar-refractivity contribution is 5.91. The second-order valence-corrected chi connectivity index (χ2v) is 12.4. The summed E-state index contributed by atoms with van der Waals surface area (Å²) in [5.74, 6) is -0.389. The molecule has 38 heavy (non-hydrogen) atoms. The zero-order valence-corrected chi connectivity index (χ0v) is 23.6. The molecule has 1 aromatic rings. The number of hydrogen-bond donors (Lipinski definition) is 3. The van der Waals surface area contributed by atoms with Crippen LogP contribution in [0.25, 0.3) is 0 Å². The summed E-state index contributed by atoms with van der Waals surface area (Å²) in [6, 6.07) is 3.50. The van der Waals surface area contributed by atoms with E-state index in [9.17, 15) is 14.7 Å². The summed E-state index contributed by atoms with van der Waals surface area (Å²) in [5.41, 5.74) is 5.22. The van der Waals surface area contributed by atoms with E-state index < -0.39 is 40.5 Å². The molecule has 2 fully saturated rings. The van der Waals surface area contributed by atoms with Gasteiger partial charge in [-0.15, -0.1) is 0 Å². The topological polar surface area (TPSA) is 117 Å². The highest BCUT2D eigenvalue weighted by Crippen LogP contribution is 2.67. The van der Waals surface area contributed by atoms with Gasteiger partial charge in [0.25, 0.3) is 5.91 Å². The molecule has 9 nitrogen and oxygen atoms in total. The molecular formula is C29H42N4O5. The third-order valence-electron chi connectivity index (χ3n) is 9.65. The van der Waals surface area contributed by atoms with Gasteiger partial charge in [-0.05, 0) is 42.0 Å². The van der Waals surface area contributed by atoms with Gasteiger partial charge >= 0.3 is 5.97 Å². The maximum atomic E-state index is 14.0. The van der Waals surface area contributed by atoms with E-state index in [-0.39, 0.29) is 18.1 Å². The Morgan fingerprint density at radius 1 is 1.26 bits per heavy atom. The fourth-order valence-corrected chi connectivity index (χ4v) is 8.44. The van der Waals surface area contributed by atoms with Crippen LogP contribution >= 0.6 is 0 Å². The van der Waals surface area contributed by atoms with E-state index in [1.165, 1.54) is 6.92 Å². The Bertz CT molecular complexity index is 1190. The molecule has 4 aliphatic rings. The number of anilines is 1. The quantitative estimate of drug-likeness (QED) is 0.302. The van der Waals surface area contributed by atoms with Gasteiger partial charge in [-0.25, -0.2) is 0 Å². The van der Waals surface area contributed by atoms with Crippen LogP contribution in [0.5, 0.6) is 5.75 Å². The molecule has 3 aliphatic heterocycles. The first-order chi connectivity index (χ1) is 17.8. The van der Waals surface area contributed by atoms with Crippen molar-refractivity contribution >= 4 is 17.6 Å². The van der Waals surface area contributed by atoms with Gasteiger partial charge in [-0.1, -0.05) is 39.8 Å². The first-order valence-electron chi connectivity index (χ1n) is 13.6. The number of esters is 1. The third-order valence-corrected chi connectivity index (χ3v) is 9.65. The lowest BCUT2D eigenvalue weighted by Crippen LogP contribution is -2.82. The highest BCUT2D eigenvalue weighted by Gasteiger charge is 2.79. The predicted molar refractivity (Wildman–Crippen MR) is 145 cm³/mol. The molecule has 1 spiro atoms. The van der Waals surface area contributed by atoms with E-state index >= 15 is 0 Å². The van der Waals surface area contributed by atoms with Crippen LogP contribution in [0.15, 0.2) is 24.3 Å². The van der Waals surface area contributed by atoms with Gasteiger partial charge in [0.05, 0.1) is 19.8 Å². The number of aliphatic hydroxyl groups is 1. The summed E-state index contributed by atoms with van der Waals surface area (Å²) in [6.45, 7) is 11.3. The molecule has 4 N–H and O–H groups in total. The Hall–Kier alpha value is -2.62. The first-order valence-corrected chi connectivity index (χ1v) is 13.6. The molecule has 1 amide bonds. The summed E-state index contributed by atoms with van der Waals surface area (Å²) >= 11 is 0. The molecule has 1 saturated carbocycles. The van der Waals surface area contributed by atoms with Crippen LogP contribution in [-0.4, -0.2) is 79.6 Å². The molecule has 1 saturated heterocycles. The lowest BCUT2D eigenvalue weighted by Gasteiger charge is -2.63. The number of benzene rings is 1. The lowest BCUT2D eigenvalue weighted by molar-refractivity contribution is -0.217. The number of rotatable bonds is 5. The molecule has 208 valence electrons. The van der Waals surface area contributed by atoms with Crippen LogP contribution in [0.2, 0.25) is 0 Å². The van der Waals surface area contributed by atoms with Crippen molar-refractivity contribution in [3.8, 4) is 5.75 Å². The Kier molecular flexibility index (Phi) is 6.17. The minimum atomic E-state index is -2.07. The SMILES string of the molecule is CCC12C=CCN3CCC4(c5cc(C(C)(C)C)c(OC)cc5N(C)C4C(O)(C(=O)NCN)C1OC(C)=O)C32. The van der Waals surface area contributed by atoms with Gasteiger partial charge < -0.3 is 30.5 Å².